The summed E-state index contributed by atoms with van der Waals surface area (Å²) in [6, 6.07) is 7.99. The number of nitrogens with one attached hydrogen (secondary N) is 1. The van der Waals surface area contributed by atoms with Crippen LogP contribution in [0.3, 0.4) is 0 Å². The molecule has 0 bridgehead atoms. The molecule has 128 valence electrons. The highest BCUT2D eigenvalue weighted by Crippen LogP contribution is 2.30. The number of fused-ring (bicyclic) bond motifs is 1. The Morgan fingerprint density at radius 3 is 2.62 bits per heavy atom. The van der Waals surface area contributed by atoms with E-state index >= 15 is 0 Å². The van der Waals surface area contributed by atoms with E-state index in [9.17, 15) is 14.4 Å². The van der Waals surface area contributed by atoms with E-state index < -0.39 is 12.0 Å². The first-order valence-electron chi connectivity index (χ1n) is 8.36. The summed E-state index contributed by atoms with van der Waals surface area (Å²) >= 11 is 0. The van der Waals surface area contributed by atoms with Crippen LogP contribution in [0.5, 0.6) is 0 Å². The van der Waals surface area contributed by atoms with E-state index in [0.717, 1.165) is 25.7 Å². The number of ether oxygens (including phenoxy) is 1. The van der Waals surface area contributed by atoms with Crippen molar-refractivity contribution < 1.29 is 19.1 Å². The number of piperazine rings is 1. The third-order valence-electron chi connectivity index (χ3n) is 4.90. The van der Waals surface area contributed by atoms with Crippen molar-refractivity contribution in [3.63, 3.8) is 0 Å². The molecular formula is C18H22N2O4. The zero-order valence-electron chi connectivity index (χ0n) is 13.7. The van der Waals surface area contributed by atoms with Crippen LogP contribution in [0.4, 0.5) is 0 Å². The molecule has 0 radical (unpaired) electrons. The summed E-state index contributed by atoms with van der Waals surface area (Å²) in [5.74, 6) is -0.959. The molecule has 1 saturated heterocycles. The molecule has 2 fully saturated rings. The minimum atomic E-state index is -0.815. The van der Waals surface area contributed by atoms with E-state index in [1.165, 1.54) is 7.11 Å². The summed E-state index contributed by atoms with van der Waals surface area (Å²) in [4.78, 5) is 39.0. The number of benzene rings is 1. The van der Waals surface area contributed by atoms with Gasteiger partial charge in [0.1, 0.15) is 6.04 Å². The van der Waals surface area contributed by atoms with E-state index in [0.29, 0.717) is 5.56 Å². The SMILES string of the molecule is COC(=O)C[C@@H]1C(=O)N[C@H]2CCCC[C@H]2N1C(=O)c1ccccc1. The highest BCUT2D eigenvalue weighted by atomic mass is 16.5. The Balaban J connectivity index is 1.94. The van der Waals surface area contributed by atoms with Crippen LogP contribution in [0.25, 0.3) is 0 Å². The van der Waals surface area contributed by atoms with Crippen molar-refractivity contribution in [2.75, 3.05) is 7.11 Å². The zero-order chi connectivity index (χ0) is 17.1. The molecule has 1 N–H and O–H groups in total. The molecule has 6 nitrogen and oxygen atoms in total. The van der Waals surface area contributed by atoms with Crippen molar-refractivity contribution >= 4 is 17.8 Å². The van der Waals surface area contributed by atoms with E-state index in [1.807, 2.05) is 6.07 Å². The second kappa shape index (κ2) is 7.03. The molecule has 2 aliphatic rings. The molecule has 0 aromatic heterocycles. The third kappa shape index (κ3) is 3.13. The summed E-state index contributed by atoms with van der Waals surface area (Å²) < 4.78 is 4.71. The molecule has 3 atom stereocenters. The molecule has 0 spiro atoms. The number of hydrogen-bond donors (Lipinski definition) is 1. The Bertz CT molecular complexity index is 631. The van der Waals surface area contributed by atoms with Gasteiger partial charge in [-0.3, -0.25) is 14.4 Å². The monoisotopic (exact) mass is 330 g/mol. The molecule has 2 amide bonds. The Kier molecular flexibility index (Phi) is 4.83. The first-order valence-corrected chi connectivity index (χ1v) is 8.36. The third-order valence-corrected chi connectivity index (χ3v) is 4.90. The molecular weight excluding hydrogens is 308 g/mol. The van der Waals surface area contributed by atoms with Gasteiger partial charge in [-0.05, 0) is 25.0 Å². The number of carbonyl (C=O) groups is 3. The molecule has 1 saturated carbocycles. The fourth-order valence-electron chi connectivity index (χ4n) is 3.70. The van der Waals surface area contributed by atoms with Gasteiger partial charge in [0.15, 0.2) is 0 Å². The number of hydrogen-bond acceptors (Lipinski definition) is 4. The number of nitrogens with zero attached hydrogens (tertiary/aromatic N) is 1. The quantitative estimate of drug-likeness (QED) is 0.852. The number of amides is 2. The maximum absolute atomic E-state index is 13.1. The lowest BCUT2D eigenvalue weighted by molar-refractivity contribution is -0.147. The van der Waals surface area contributed by atoms with Gasteiger partial charge in [-0.15, -0.1) is 0 Å². The van der Waals surface area contributed by atoms with E-state index in [1.54, 1.807) is 29.2 Å². The van der Waals surface area contributed by atoms with Gasteiger partial charge in [0.05, 0.1) is 19.6 Å². The van der Waals surface area contributed by atoms with Crippen LogP contribution < -0.4 is 5.32 Å². The first-order chi connectivity index (χ1) is 11.6. The second-order valence-electron chi connectivity index (χ2n) is 6.34. The second-order valence-corrected chi connectivity index (χ2v) is 6.34. The number of methoxy groups -OCH3 is 1. The molecule has 1 aromatic carbocycles. The molecule has 1 aromatic rings. The van der Waals surface area contributed by atoms with Crippen molar-refractivity contribution in [2.45, 2.75) is 50.2 Å². The summed E-state index contributed by atoms with van der Waals surface area (Å²) in [7, 11) is 1.29. The Hall–Kier alpha value is -2.37. The maximum atomic E-state index is 13.1. The standard InChI is InChI=1S/C18H22N2O4/c1-24-16(21)11-15-17(22)19-13-9-5-6-10-14(13)20(15)18(23)12-7-3-2-4-8-12/h2-4,7-8,13-15H,5-6,9-11H2,1H3,(H,19,22)/t13-,14+,15+/m0/s1. The van der Waals surface area contributed by atoms with Crippen molar-refractivity contribution in [1.82, 2.24) is 10.2 Å². The average Bonchev–Trinajstić information content (AvgIpc) is 2.62. The summed E-state index contributed by atoms with van der Waals surface area (Å²) in [5.41, 5.74) is 0.534. The Morgan fingerprint density at radius 1 is 1.21 bits per heavy atom. The topological polar surface area (TPSA) is 75.7 Å². The van der Waals surface area contributed by atoms with Gasteiger partial charge in [0.2, 0.25) is 5.91 Å². The highest BCUT2D eigenvalue weighted by molar-refractivity contribution is 5.99. The average molecular weight is 330 g/mol. The Labute approximate surface area is 141 Å². The van der Waals surface area contributed by atoms with Gasteiger partial charge in [-0.25, -0.2) is 0 Å². The molecule has 1 aliphatic heterocycles. The largest absolute Gasteiger partial charge is 0.469 e. The van der Waals surface area contributed by atoms with Crippen LogP contribution in [0.1, 0.15) is 42.5 Å². The van der Waals surface area contributed by atoms with Gasteiger partial charge in [0.25, 0.3) is 5.91 Å². The molecule has 0 unspecified atom stereocenters. The van der Waals surface area contributed by atoms with Gasteiger partial charge in [-0.2, -0.15) is 0 Å². The summed E-state index contributed by atoms with van der Waals surface area (Å²) in [5, 5.41) is 2.99. The van der Waals surface area contributed by atoms with Gasteiger partial charge < -0.3 is 15.0 Å². The fraction of sp³-hybridized carbons (Fsp3) is 0.500. The predicted molar refractivity (Wildman–Crippen MR) is 87.2 cm³/mol. The van der Waals surface area contributed by atoms with Crippen molar-refractivity contribution in [3.05, 3.63) is 35.9 Å². The molecule has 6 heteroatoms. The number of carbonyl (C=O) groups excluding carboxylic acids is 3. The summed E-state index contributed by atoms with van der Waals surface area (Å²) in [6.07, 6.45) is 3.63. The molecule has 1 heterocycles. The number of rotatable bonds is 3. The van der Waals surface area contributed by atoms with Crippen LogP contribution in [0, 0.1) is 0 Å². The molecule has 1 aliphatic carbocycles. The van der Waals surface area contributed by atoms with Crippen LogP contribution in [0.15, 0.2) is 30.3 Å². The highest BCUT2D eigenvalue weighted by Gasteiger charge is 2.46. The van der Waals surface area contributed by atoms with Gasteiger partial charge >= 0.3 is 5.97 Å². The normalized spacial score (nSPS) is 26.3. The smallest absolute Gasteiger partial charge is 0.308 e. The lowest BCUT2D eigenvalue weighted by atomic mass is 9.84. The van der Waals surface area contributed by atoms with E-state index in [2.05, 4.69) is 5.32 Å². The Morgan fingerprint density at radius 2 is 1.92 bits per heavy atom. The van der Waals surface area contributed by atoms with E-state index in [4.69, 9.17) is 4.74 Å². The van der Waals surface area contributed by atoms with Crippen LogP contribution in [-0.2, 0) is 14.3 Å². The van der Waals surface area contributed by atoms with Gasteiger partial charge in [-0.1, -0.05) is 31.0 Å². The zero-order valence-corrected chi connectivity index (χ0v) is 13.7. The van der Waals surface area contributed by atoms with Crippen molar-refractivity contribution in [1.29, 1.82) is 0 Å². The minimum Gasteiger partial charge on any atom is -0.469 e. The maximum Gasteiger partial charge on any atom is 0.308 e. The minimum absolute atomic E-state index is 0.0344. The van der Waals surface area contributed by atoms with Crippen LogP contribution in [-0.4, -0.2) is 47.9 Å². The lowest BCUT2D eigenvalue weighted by Gasteiger charge is -2.48. The van der Waals surface area contributed by atoms with Crippen LogP contribution in [0.2, 0.25) is 0 Å². The van der Waals surface area contributed by atoms with Gasteiger partial charge in [0, 0.05) is 11.6 Å². The lowest BCUT2D eigenvalue weighted by Crippen LogP contribution is -2.67. The predicted octanol–water partition coefficient (Wildman–Crippen LogP) is 1.50. The van der Waals surface area contributed by atoms with E-state index in [-0.39, 0.29) is 30.3 Å². The summed E-state index contributed by atoms with van der Waals surface area (Å²) in [6.45, 7) is 0. The van der Waals surface area contributed by atoms with Crippen molar-refractivity contribution in [3.8, 4) is 0 Å². The fourth-order valence-corrected chi connectivity index (χ4v) is 3.70. The number of esters is 1. The molecule has 3 rings (SSSR count). The van der Waals surface area contributed by atoms with Crippen molar-refractivity contribution in [2.24, 2.45) is 0 Å². The first kappa shape index (κ1) is 16.5. The molecule has 24 heavy (non-hydrogen) atoms. The van der Waals surface area contributed by atoms with Crippen LogP contribution >= 0.6 is 0 Å².